The van der Waals surface area contributed by atoms with Gasteiger partial charge in [0.1, 0.15) is 11.9 Å². The van der Waals surface area contributed by atoms with Crippen molar-refractivity contribution in [1.82, 2.24) is 0 Å². The van der Waals surface area contributed by atoms with E-state index in [1.807, 2.05) is 0 Å². The van der Waals surface area contributed by atoms with Crippen molar-refractivity contribution < 1.29 is 9.02 Å². The zero-order chi connectivity index (χ0) is 2.71. The molecule has 4 heteroatoms. The van der Waals surface area contributed by atoms with E-state index in [0.717, 1.165) is 0 Å². The van der Waals surface area contributed by atoms with Crippen molar-refractivity contribution in [3.05, 3.63) is 0 Å². The normalized spacial score (nSPS) is 4.50. The Balaban J connectivity index is 0. The first-order valence-corrected chi connectivity index (χ1v) is 0.617. The number of hydrogen-bond acceptors (Lipinski definition) is 1. The molecule has 0 unspecified atom stereocenters. The van der Waals surface area contributed by atoms with Crippen LogP contribution in [0.15, 0.2) is 0 Å². The predicted octanol–water partition coefficient (Wildman–Crippen LogP) is 0.661. The molecule has 3 radical (unpaired) electrons. The van der Waals surface area contributed by atoms with Gasteiger partial charge in [-0.1, -0.05) is 4.49 Å². The summed E-state index contributed by atoms with van der Waals surface area (Å²) in [5.74, 6) is 0. The van der Waals surface area contributed by atoms with Gasteiger partial charge in [-0.3, -0.25) is 0 Å². The van der Waals surface area contributed by atoms with Gasteiger partial charge in [0.25, 0.3) is 0 Å². The van der Waals surface area contributed by atoms with Crippen LogP contribution in [0.2, 0.25) is 0 Å². The van der Waals surface area contributed by atoms with Crippen molar-refractivity contribution in [3.8, 4) is 0 Å². The summed E-state index contributed by atoms with van der Waals surface area (Å²) >= 11 is 3.83. The fourth-order valence-electron chi connectivity index (χ4n) is 0. The zero-order valence-electron chi connectivity index (χ0n) is 1.74. The minimum atomic E-state index is 0. The maximum atomic E-state index is 9.56. The molecule has 23 valence electrons. The molecule has 0 saturated heterocycles. The Kier molecular flexibility index (Phi) is 20.6. The Morgan fingerprint density at radius 2 is 1.75 bits per heavy atom. The molecule has 0 atom stereocenters. The highest BCUT2D eigenvalue weighted by atomic mass is 35.5. The lowest BCUT2D eigenvalue weighted by Gasteiger charge is -1.44. The zero-order valence-corrected chi connectivity index (χ0v) is 3.65. The van der Waals surface area contributed by atoms with E-state index in [2.05, 4.69) is 16.4 Å². The Morgan fingerprint density at radius 3 is 1.75 bits per heavy atom. The van der Waals surface area contributed by atoms with E-state index in [-0.39, 0.29) is 17.4 Å². The molecule has 0 aromatic carbocycles. The quantitative estimate of drug-likeness (QED) is 0.404. The molecule has 1 nitrogen and oxygen atoms in total. The lowest BCUT2D eigenvalue weighted by atomic mass is 15.6. The van der Waals surface area contributed by atoms with Crippen molar-refractivity contribution in [2.45, 2.75) is 0 Å². The molecule has 0 fully saturated rings. The molecular formula is AlClFO. The molecule has 0 N–H and O–H groups in total. The van der Waals surface area contributed by atoms with Gasteiger partial charge in [-0.05, 0) is 4.53 Å². The molecule has 0 bridgehead atoms. The van der Waals surface area contributed by atoms with E-state index in [1.54, 1.807) is 0 Å². The Morgan fingerprint density at radius 1 is 1.75 bits per heavy atom. The first-order valence-electron chi connectivity index (χ1n) is 0.309. The molecule has 0 aromatic heterocycles. The van der Waals surface area contributed by atoms with E-state index in [1.165, 1.54) is 0 Å². The summed E-state index contributed by atoms with van der Waals surface area (Å²) in [6.45, 7) is 0. The molecule has 0 saturated carbocycles. The van der Waals surface area contributed by atoms with E-state index in [9.17, 15) is 4.53 Å². The van der Waals surface area contributed by atoms with Crippen LogP contribution in [-0.2, 0) is 4.49 Å². The first-order chi connectivity index (χ1) is 1.41. The minimum absolute atomic E-state index is 0. The number of rotatable bonds is 0. The second kappa shape index (κ2) is 9.31. The topological polar surface area (TPSA) is 9.23 Å². The maximum absolute atomic E-state index is 9.56. The molecule has 0 aliphatic rings. The van der Waals surface area contributed by atoms with Gasteiger partial charge in [-0.25, -0.2) is 0 Å². The molecule has 0 spiro atoms. The molecule has 0 amide bonds. The van der Waals surface area contributed by atoms with Crippen LogP contribution in [0.4, 0.5) is 4.53 Å². The third-order valence-electron chi connectivity index (χ3n) is 0. The van der Waals surface area contributed by atoms with Crippen LogP contribution in [0.25, 0.3) is 0 Å². The van der Waals surface area contributed by atoms with Crippen LogP contribution >= 0.6 is 11.9 Å². The Labute approximate surface area is 38.9 Å². The van der Waals surface area contributed by atoms with Gasteiger partial charge in [-0.15, -0.1) is 0 Å². The average molecular weight is 97.4 g/mol. The molecule has 0 heterocycles. The summed E-state index contributed by atoms with van der Waals surface area (Å²) in [7, 11) is 0. The Bertz CT molecular complexity index is 8.00. The molecule has 0 aliphatic heterocycles. The summed E-state index contributed by atoms with van der Waals surface area (Å²) < 4.78 is 11.8. The van der Waals surface area contributed by atoms with Gasteiger partial charge in [0.15, 0.2) is 0 Å². The van der Waals surface area contributed by atoms with Gasteiger partial charge < -0.3 is 0 Å². The SMILES string of the molecule is FOCl.[Al]. The highest BCUT2D eigenvalue weighted by molar-refractivity contribution is 6.06. The van der Waals surface area contributed by atoms with E-state index >= 15 is 0 Å². The van der Waals surface area contributed by atoms with Gasteiger partial charge in [0.05, 0.1) is 0 Å². The van der Waals surface area contributed by atoms with Crippen molar-refractivity contribution in [2.24, 2.45) is 0 Å². The molecular weight excluding hydrogens is 97.4 g/mol. The molecule has 0 aliphatic carbocycles. The van der Waals surface area contributed by atoms with Crippen LogP contribution in [0, 0.1) is 0 Å². The number of halogens is 2. The Hall–Kier alpha value is 0.712. The van der Waals surface area contributed by atoms with Crippen LogP contribution in [0.3, 0.4) is 0 Å². The van der Waals surface area contributed by atoms with Crippen LogP contribution in [-0.4, -0.2) is 17.4 Å². The van der Waals surface area contributed by atoms with Crippen LogP contribution in [0.1, 0.15) is 0 Å². The third kappa shape index (κ3) is 15.7. The summed E-state index contributed by atoms with van der Waals surface area (Å²) in [5.41, 5.74) is 0. The highest BCUT2D eigenvalue weighted by Crippen LogP contribution is 1.70. The average Bonchev–Trinajstić information content (AvgIpc) is 0.918. The largest absolute Gasteiger partial charge is 0.106 e. The van der Waals surface area contributed by atoms with Gasteiger partial charge in [0.2, 0.25) is 0 Å². The second-order valence-electron chi connectivity index (χ2n) is 0.0583. The summed E-state index contributed by atoms with van der Waals surface area (Å²) in [6, 6.07) is 0. The van der Waals surface area contributed by atoms with Gasteiger partial charge in [-0.2, -0.15) is 0 Å². The van der Waals surface area contributed by atoms with Crippen molar-refractivity contribution >= 4 is 29.2 Å². The minimum Gasteiger partial charge on any atom is -0.0769 e. The fourth-order valence-corrected chi connectivity index (χ4v) is 0. The van der Waals surface area contributed by atoms with E-state index in [4.69, 9.17) is 0 Å². The third-order valence-corrected chi connectivity index (χ3v) is 0. The van der Waals surface area contributed by atoms with Gasteiger partial charge >= 0.3 is 0 Å². The van der Waals surface area contributed by atoms with Crippen molar-refractivity contribution in [3.63, 3.8) is 0 Å². The van der Waals surface area contributed by atoms with Crippen molar-refractivity contribution in [2.75, 3.05) is 0 Å². The lowest BCUT2D eigenvalue weighted by Crippen LogP contribution is -1.21. The van der Waals surface area contributed by atoms with Crippen LogP contribution < -0.4 is 0 Å². The standard InChI is InChI=1S/Al.ClFO/c;1-3-2. The van der Waals surface area contributed by atoms with E-state index < -0.39 is 0 Å². The second-order valence-corrected chi connectivity index (χ2v) is 0.175. The lowest BCUT2D eigenvalue weighted by molar-refractivity contribution is 0.00645. The van der Waals surface area contributed by atoms with Crippen molar-refractivity contribution in [1.29, 1.82) is 0 Å². The highest BCUT2D eigenvalue weighted by Gasteiger charge is 1.40. The van der Waals surface area contributed by atoms with Crippen LogP contribution in [0.5, 0.6) is 0 Å². The smallest absolute Gasteiger partial charge is 0.0769 e. The summed E-state index contributed by atoms with van der Waals surface area (Å²) in [6.07, 6.45) is 0. The first kappa shape index (κ1) is 8.83. The molecule has 4 heavy (non-hydrogen) atoms. The monoisotopic (exact) mass is 96.9 g/mol. The van der Waals surface area contributed by atoms with Gasteiger partial charge in [0, 0.05) is 17.4 Å². The summed E-state index contributed by atoms with van der Waals surface area (Å²) in [5, 5.41) is 0. The van der Waals surface area contributed by atoms with E-state index in [0.29, 0.717) is 0 Å². The number of hydrogen-bond donors (Lipinski definition) is 0. The summed E-state index contributed by atoms with van der Waals surface area (Å²) in [4.78, 5) is 0. The molecule has 0 rings (SSSR count). The predicted molar refractivity (Wildman–Crippen MR) is 13.8 cm³/mol. The molecule has 0 aromatic rings. The fraction of sp³-hybridized carbons (Fsp3) is 0. The maximum Gasteiger partial charge on any atom is 0.106 e.